The first-order chi connectivity index (χ1) is 9.70. The van der Waals surface area contributed by atoms with E-state index >= 15 is 0 Å². The molecule has 0 amide bonds. The minimum Gasteiger partial charge on any atom is -0.508 e. The quantitative estimate of drug-likeness (QED) is 0.763. The number of aromatic hydroxyl groups is 2. The summed E-state index contributed by atoms with van der Waals surface area (Å²) in [6.45, 7) is 0. The second-order valence-electron chi connectivity index (χ2n) is 4.42. The molecule has 0 saturated heterocycles. The van der Waals surface area contributed by atoms with E-state index in [1.165, 1.54) is 18.2 Å². The second kappa shape index (κ2) is 5.05. The number of rotatable bonds is 3. The zero-order valence-corrected chi connectivity index (χ0v) is 10.5. The SMILES string of the molecule is Oc1cc(O)cc(-c2nc(Cc3ccccc3)no2)c1. The third-order valence-electron chi connectivity index (χ3n) is 2.82. The van der Waals surface area contributed by atoms with E-state index in [9.17, 15) is 10.2 Å². The van der Waals surface area contributed by atoms with Crippen LogP contribution in [0.4, 0.5) is 0 Å². The molecule has 0 aliphatic carbocycles. The fourth-order valence-corrected chi connectivity index (χ4v) is 1.94. The summed E-state index contributed by atoms with van der Waals surface area (Å²) in [5.74, 6) is 0.710. The Labute approximate surface area is 115 Å². The highest BCUT2D eigenvalue weighted by molar-refractivity contribution is 5.58. The van der Waals surface area contributed by atoms with Crippen molar-refractivity contribution in [3.8, 4) is 23.0 Å². The summed E-state index contributed by atoms with van der Waals surface area (Å²) in [5, 5.41) is 22.8. The van der Waals surface area contributed by atoms with Crippen molar-refractivity contribution in [1.29, 1.82) is 0 Å². The zero-order chi connectivity index (χ0) is 13.9. The molecule has 5 heteroatoms. The third-order valence-corrected chi connectivity index (χ3v) is 2.82. The monoisotopic (exact) mass is 268 g/mol. The lowest BCUT2D eigenvalue weighted by Crippen LogP contribution is -1.90. The number of phenolic OH excluding ortho intramolecular Hbond substituents is 2. The summed E-state index contributed by atoms with van der Waals surface area (Å²) < 4.78 is 5.15. The molecule has 2 aromatic carbocycles. The third kappa shape index (κ3) is 2.61. The molecule has 5 nitrogen and oxygen atoms in total. The van der Waals surface area contributed by atoms with Crippen LogP contribution in [0, 0.1) is 0 Å². The Balaban J connectivity index is 1.86. The van der Waals surface area contributed by atoms with Crippen LogP contribution in [0.3, 0.4) is 0 Å². The summed E-state index contributed by atoms with van der Waals surface area (Å²) >= 11 is 0. The Morgan fingerprint density at radius 3 is 2.35 bits per heavy atom. The van der Waals surface area contributed by atoms with Gasteiger partial charge in [-0.2, -0.15) is 4.98 Å². The predicted molar refractivity (Wildman–Crippen MR) is 72.3 cm³/mol. The molecule has 3 rings (SSSR count). The van der Waals surface area contributed by atoms with Gasteiger partial charge in [-0.15, -0.1) is 0 Å². The van der Waals surface area contributed by atoms with E-state index in [4.69, 9.17) is 4.52 Å². The highest BCUT2D eigenvalue weighted by Crippen LogP contribution is 2.27. The highest BCUT2D eigenvalue weighted by Gasteiger charge is 2.11. The van der Waals surface area contributed by atoms with Crippen LogP contribution < -0.4 is 0 Å². The molecular formula is C15H12N2O3. The maximum atomic E-state index is 9.45. The average molecular weight is 268 g/mol. The van der Waals surface area contributed by atoms with Crippen LogP contribution in [0.5, 0.6) is 11.5 Å². The maximum absolute atomic E-state index is 9.45. The number of nitrogens with zero attached hydrogens (tertiary/aromatic N) is 2. The molecular weight excluding hydrogens is 256 g/mol. The van der Waals surface area contributed by atoms with Gasteiger partial charge < -0.3 is 14.7 Å². The van der Waals surface area contributed by atoms with Gasteiger partial charge in [0.15, 0.2) is 5.82 Å². The molecule has 0 atom stereocenters. The van der Waals surface area contributed by atoms with E-state index in [-0.39, 0.29) is 17.4 Å². The minimum atomic E-state index is -0.0530. The average Bonchev–Trinajstić information content (AvgIpc) is 2.87. The lowest BCUT2D eigenvalue weighted by molar-refractivity contribution is 0.421. The molecule has 100 valence electrons. The molecule has 0 saturated carbocycles. The minimum absolute atomic E-state index is 0.0530. The summed E-state index contributed by atoms with van der Waals surface area (Å²) in [4.78, 5) is 4.26. The van der Waals surface area contributed by atoms with Gasteiger partial charge in [-0.25, -0.2) is 0 Å². The molecule has 0 aliphatic heterocycles. The first-order valence-corrected chi connectivity index (χ1v) is 6.10. The Bertz CT molecular complexity index is 703. The smallest absolute Gasteiger partial charge is 0.258 e. The summed E-state index contributed by atoms with van der Waals surface area (Å²) in [5.41, 5.74) is 1.56. The molecule has 0 unspecified atom stereocenters. The predicted octanol–water partition coefficient (Wildman–Crippen LogP) is 2.74. The van der Waals surface area contributed by atoms with Crippen LogP contribution >= 0.6 is 0 Å². The zero-order valence-electron chi connectivity index (χ0n) is 10.5. The molecule has 2 N–H and O–H groups in total. The van der Waals surface area contributed by atoms with Crippen LogP contribution in [0.25, 0.3) is 11.5 Å². The van der Waals surface area contributed by atoms with Gasteiger partial charge in [0.05, 0.1) is 0 Å². The van der Waals surface area contributed by atoms with E-state index in [0.717, 1.165) is 5.56 Å². The van der Waals surface area contributed by atoms with Crippen molar-refractivity contribution in [1.82, 2.24) is 10.1 Å². The van der Waals surface area contributed by atoms with Gasteiger partial charge in [-0.05, 0) is 17.7 Å². The number of phenols is 2. The van der Waals surface area contributed by atoms with Gasteiger partial charge in [-0.1, -0.05) is 35.5 Å². The molecule has 0 radical (unpaired) electrons. The molecule has 0 spiro atoms. The van der Waals surface area contributed by atoms with Gasteiger partial charge >= 0.3 is 0 Å². The van der Waals surface area contributed by atoms with Crippen LogP contribution in [0.2, 0.25) is 0 Å². The van der Waals surface area contributed by atoms with Crippen molar-refractivity contribution in [2.75, 3.05) is 0 Å². The standard InChI is InChI=1S/C15H12N2O3/c18-12-7-11(8-13(19)9-12)15-16-14(17-20-15)6-10-4-2-1-3-5-10/h1-5,7-9,18-19H,6H2. The second-order valence-corrected chi connectivity index (χ2v) is 4.42. The largest absolute Gasteiger partial charge is 0.508 e. The fourth-order valence-electron chi connectivity index (χ4n) is 1.94. The maximum Gasteiger partial charge on any atom is 0.258 e. The molecule has 0 aliphatic rings. The lowest BCUT2D eigenvalue weighted by atomic mass is 10.1. The summed E-state index contributed by atoms with van der Waals surface area (Å²) in [6, 6.07) is 14.0. The van der Waals surface area contributed by atoms with Crippen molar-refractivity contribution in [2.24, 2.45) is 0 Å². The van der Waals surface area contributed by atoms with Gasteiger partial charge in [0.1, 0.15) is 11.5 Å². The van der Waals surface area contributed by atoms with Gasteiger partial charge in [-0.3, -0.25) is 0 Å². The van der Waals surface area contributed by atoms with Gasteiger partial charge in [0, 0.05) is 18.1 Å². The number of hydrogen-bond donors (Lipinski definition) is 2. The van der Waals surface area contributed by atoms with Crippen LogP contribution in [-0.2, 0) is 6.42 Å². The van der Waals surface area contributed by atoms with Crippen LogP contribution in [0.15, 0.2) is 53.1 Å². The Kier molecular flexibility index (Phi) is 3.09. The number of benzene rings is 2. The van der Waals surface area contributed by atoms with Gasteiger partial charge in [0.25, 0.3) is 5.89 Å². The number of aromatic nitrogens is 2. The van der Waals surface area contributed by atoms with E-state index in [1.54, 1.807) is 0 Å². The highest BCUT2D eigenvalue weighted by atomic mass is 16.5. The van der Waals surface area contributed by atoms with E-state index < -0.39 is 0 Å². The van der Waals surface area contributed by atoms with Gasteiger partial charge in [0.2, 0.25) is 0 Å². The molecule has 20 heavy (non-hydrogen) atoms. The Morgan fingerprint density at radius 2 is 1.65 bits per heavy atom. The first-order valence-electron chi connectivity index (χ1n) is 6.10. The molecule has 0 bridgehead atoms. The van der Waals surface area contributed by atoms with Crippen molar-refractivity contribution >= 4 is 0 Å². The van der Waals surface area contributed by atoms with E-state index in [0.29, 0.717) is 17.8 Å². The van der Waals surface area contributed by atoms with Crippen LogP contribution in [0.1, 0.15) is 11.4 Å². The first kappa shape index (κ1) is 12.2. The van der Waals surface area contributed by atoms with E-state index in [1.807, 2.05) is 30.3 Å². The molecule has 0 fully saturated rings. The Hall–Kier alpha value is -2.82. The van der Waals surface area contributed by atoms with Crippen molar-refractivity contribution < 1.29 is 14.7 Å². The Morgan fingerprint density at radius 1 is 0.950 bits per heavy atom. The molecule has 3 aromatic rings. The van der Waals surface area contributed by atoms with Crippen molar-refractivity contribution in [3.63, 3.8) is 0 Å². The fraction of sp³-hybridized carbons (Fsp3) is 0.0667. The normalized spacial score (nSPS) is 10.6. The van der Waals surface area contributed by atoms with E-state index in [2.05, 4.69) is 10.1 Å². The lowest BCUT2D eigenvalue weighted by Gasteiger charge is -1.98. The molecule has 1 aromatic heterocycles. The van der Waals surface area contributed by atoms with Crippen LogP contribution in [-0.4, -0.2) is 20.4 Å². The topological polar surface area (TPSA) is 79.4 Å². The van der Waals surface area contributed by atoms with Crippen molar-refractivity contribution in [3.05, 3.63) is 59.9 Å². The molecule has 1 heterocycles. The van der Waals surface area contributed by atoms with Crippen molar-refractivity contribution in [2.45, 2.75) is 6.42 Å². The number of hydrogen-bond acceptors (Lipinski definition) is 5. The summed E-state index contributed by atoms with van der Waals surface area (Å²) in [6.07, 6.45) is 0.565. The summed E-state index contributed by atoms with van der Waals surface area (Å²) in [7, 11) is 0.